The minimum atomic E-state index is -0.290. The van der Waals surface area contributed by atoms with Gasteiger partial charge in [-0.25, -0.2) is 0 Å². The monoisotopic (exact) mass is 246 g/mol. The van der Waals surface area contributed by atoms with E-state index in [9.17, 15) is 14.4 Å². The van der Waals surface area contributed by atoms with E-state index in [0.29, 0.717) is 13.0 Å². The van der Waals surface area contributed by atoms with Crippen LogP contribution < -0.4 is 11.1 Å². The highest BCUT2D eigenvalue weighted by molar-refractivity contribution is 8.14. The number of unbranched alkanes of at least 4 members (excludes halogenated alkanes) is 2. The molecule has 0 spiro atoms. The number of carbonyl (C=O) groups excluding carboxylic acids is 3. The smallest absolute Gasteiger partial charge is 0.230 e. The maximum atomic E-state index is 11.1. The lowest BCUT2D eigenvalue weighted by Crippen LogP contribution is -2.26. The average Bonchev–Trinajstić information content (AvgIpc) is 2.19. The highest BCUT2D eigenvalue weighted by atomic mass is 32.2. The first-order chi connectivity index (χ1) is 7.52. The van der Waals surface area contributed by atoms with E-state index in [2.05, 4.69) is 5.32 Å². The van der Waals surface area contributed by atoms with Crippen LogP contribution in [0.2, 0.25) is 0 Å². The molecule has 0 rings (SSSR count). The Kier molecular flexibility index (Phi) is 8.61. The number of amides is 2. The molecule has 3 N–H and O–H groups in total. The first-order valence-corrected chi connectivity index (χ1v) is 6.19. The topological polar surface area (TPSA) is 89.3 Å². The van der Waals surface area contributed by atoms with E-state index in [4.69, 9.17) is 5.73 Å². The summed E-state index contributed by atoms with van der Waals surface area (Å²) >= 11 is 0.999. The third-order valence-corrected chi connectivity index (χ3v) is 2.64. The van der Waals surface area contributed by atoms with E-state index < -0.39 is 0 Å². The molecule has 0 saturated heterocycles. The van der Waals surface area contributed by atoms with Crippen molar-refractivity contribution >= 4 is 28.7 Å². The van der Waals surface area contributed by atoms with Gasteiger partial charge in [-0.1, -0.05) is 18.2 Å². The Balaban J connectivity index is 3.27. The highest BCUT2D eigenvalue weighted by Crippen LogP contribution is 2.00. The summed E-state index contributed by atoms with van der Waals surface area (Å²) in [5, 5.41) is 2.64. The molecule has 92 valence electrons. The van der Waals surface area contributed by atoms with Crippen molar-refractivity contribution in [3.05, 3.63) is 0 Å². The Hall–Kier alpha value is -1.04. The molecule has 0 aliphatic heterocycles. The predicted octanol–water partition coefficient (Wildman–Crippen LogP) is 0.428. The summed E-state index contributed by atoms with van der Waals surface area (Å²) < 4.78 is 0. The number of carbonyl (C=O) groups is 3. The van der Waals surface area contributed by atoms with Crippen molar-refractivity contribution < 1.29 is 14.4 Å². The molecule has 0 fully saturated rings. The molecular weight excluding hydrogens is 228 g/mol. The van der Waals surface area contributed by atoms with Crippen molar-refractivity contribution in [1.82, 2.24) is 5.32 Å². The Morgan fingerprint density at radius 1 is 1.19 bits per heavy atom. The zero-order valence-electron chi connectivity index (χ0n) is 9.45. The summed E-state index contributed by atoms with van der Waals surface area (Å²) in [6.07, 6.45) is 2.84. The van der Waals surface area contributed by atoms with Gasteiger partial charge in [0.2, 0.25) is 11.8 Å². The van der Waals surface area contributed by atoms with Crippen LogP contribution in [-0.2, 0) is 14.4 Å². The molecule has 0 bridgehead atoms. The zero-order valence-corrected chi connectivity index (χ0v) is 10.3. The van der Waals surface area contributed by atoms with E-state index in [1.54, 1.807) is 0 Å². The van der Waals surface area contributed by atoms with Crippen molar-refractivity contribution in [2.24, 2.45) is 5.73 Å². The van der Waals surface area contributed by atoms with Crippen molar-refractivity contribution in [1.29, 1.82) is 0 Å². The van der Waals surface area contributed by atoms with E-state index >= 15 is 0 Å². The van der Waals surface area contributed by atoms with Crippen LogP contribution >= 0.6 is 11.8 Å². The molecular formula is C10H18N2O3S. The second-order valence-electron chi connectivity index (χ2n) is 3.41. The minimum absolute atomic E-state index is 0.0587. The summed E-state index contributed by atoms with van der Waals surface area (Å²) in [7, 11) is 0. The molecule has 0 heterocycles. The van der Waals surface area contributed by atoms with Crippen LogP contribution in [0.25, 0.3) is 0 Å². The maximum Gasteiger partial charge on any atom is 0.230 e. The average molecular weight is 246 g/mol. The number of rotatable bonds is 8. The van der Waals surface area contributed by atoms with Crippen molar-refractivity contribution in [2.45, 2.75) is 32.6 Å². The van der Waals surface area contributed by atoms with Crippen LogP contribution in [0.5, 0.6) is 0 Å². The van der Waals surface area contributed by atoms with Crippen LogP contribution in [0, 0.1) is 0 Å². The molecule has 0 aromatic rings. The fourth-order valence-corrected chi connectivity index (χ4v) is 1.48. The summed E-state index contributed by atoms with van der Waals surface area (Å²) in [5.41, 5.74) is 4.98. The summed E-state index contributed by atoms with van der Waals surface area (Å²) in [5.74, 6) is -0.242. The molecule has 0 saturated carbocycles. The van der Waals surface area contributed by atoms with Gasteiger partial charge in [0.25, 0.3) is 0 Å². The van der Waals surface area contributed by atoms with E-state index in [0.717, 1.165) is 31.0 Å². The lowest BCUT2D eigenvalue weighted by atomic mass is 10.2. The molecule has 5 nitrogen and oxygen atoms in total. The minimum Gasteiger partial charge on any atom is -0.370 e. The molecule has 0 radical (unpaired) electrons. The van der Waals surface area contributed by atoms with Gasteiger partial charge in [0.15, 0.2) is 5.12 Å². The Morgan fingerprint density at radius 3 is 2.44 bits per heavy atom. The Labute approximate surface area is 99.5 Å². The largest absolute Gasteiger partial charge is 0.370 e. The molecule has 0 aliphatic carbocycles. The quantitative estimate of drug-likeness (QED) is 0.608. The second kappa shape index (κ2) is 9.21. The van der Waals surface area contributed by atoms with Crippen LogP contribution in [0.1, 0.15) is 32.6 Å². The third-order valence-electron chi connectivity index (χ3n) is 1.83. The van der Waals surface area contributed by atoms with Gasteiger partial charge in [-0.05, 0) is 12.8 Å². The summed E-state index contributed by atoms with van der Waals surface area (Å²) in [6.45, 7) is 2.01. The summed E-state index contributed by atoms with van der Waals surface area (Å²) in [6, 6.07) is 0. The molecule has 16 heavy (non-hydrogen) atoms. The van der Waals surface area contributed by atoms with Gasteiger partial charge < -0.3 is 11.1 Å². The molecule has 0 aromatic carbocycles. The van der Waals surface area contributed by atoms with Gasteiger partial charge in [-0.15, -0.1) is 0 Å². The first kappa shape index (κ1) is 15.0. The van der Waals surface area contributed by atoms with Crippen molar-refractivity contribution in [2.75, 3.05) is 12.3 Å². The molecule has 2 amide bonds. The first-order valence-electron chi connectivity index (χ1n) is 5.20. The standard InChI is InChI=1S/C10H18N2O3S/c1-8(13)16-7-10(15)12-6-4-2-3-5-9(11)14/h2-7H2,1H3,(H2,11,14)(H,12,15). The van der Waals surface area contributed by atoms with E-state index in [1.165, 1.54) is 6.92 Å². The molecule has 6 heteroatoms. The number of nitrogens with one attached hydrogen (secondary N) is 1. The third kappa shape index (κ3) is 11.0. The molecule has 0 aliphatic rings. The number of hydrogen-bond donors (Lipinski definition) is 2. The van der Waals surface area contributed by atoms with E-state index in [-0.39, 0.29) is 22.7 Å². The number of hydrogen-bond acceptors (Lipinski definition) is 4. The van der Waals surface area contributed by atoms with Crippen LogP contribution in [-0.4, -0.2) is 29.2 Å². The molecule has 0 aromatic heterocycles. The Morgan fingerprint density at radius 2 is 1.88 bits per heavy atom. The van der Waals surface area contributed by atoms with Crippen LogP contribution in [0.4, 0.5) is 0 Å². The van der Waals surface area contributed by atoms with Crippen molar-refractivity contribution in [3.8, 4) is 0 Å². The lowest BCUT2D eigenvalue weighted by molar-refractivity contribution is -0.119. The fraction of sp³-hybridized carbons (Fsp3) is 0.700. The van der Waals surface area contributed by atoms with Crippen LogP contribution in [0.15, 0.2) is 0 Å². The van der Waals surface area contributed by atoms with Gasteiger partial charge in [-0.2, -0.15) is 0 Å². The predicted molar refractivity (Wildman–Crippen MR) is 63.8 cm³/mol. The zero-order chi connectivity index (χ0) is 12.4. The maximum absolute atomic E-state index is 11.1. The van der Waals surface area contributed by atoms with Crippen molar-refractivity contribution in [3.63, 3.8) is 0 Å². The fourth-order valence-electron chi connectivity index (χ4n) is 1.05. The molecule has 0 atom stereocenters. The van der Waals surface area contributed by atoms with Gasteiger partial charge >= 0.3 is 0 Å². The van der Waals surface area contributed by atoms with E-state index in [1.807, 2.05) is 0 Å². The highest BCUT2D eigenvalue weighted by Gasteiger charge is 2.02. The number of nitrogens with two attached hydrogens (primary N) is 1. The second-order valence-corrected chi connectivity index (χ2v) is 4.56. The Bertz CT molecular complexity index is 256. The van der Waals surface area contributed by atoms with Gasteiger partial charge in [-0.3, -0.25) is 14.4 Å². The SMILES string of the molecule is CC(=O)SCC(=O)NCCCCCC(N)=O. The number of thioether (sulfide) groups is 1. The molecule has 0 unspecified atom stereocenters. The van der Waals surface area contributed by atoms with Gasteiger partial charge in [0.1, 0.15) is 0 Å². The lowest BCUT2D eigenvalue weighted by Gasteiger charge is -2.03. The normalized spacial score (nSPS) is 9.81. The van der Waals surface area contributed by atoms with Gasteiger partial charge in [0.05, 0.1) is 5.75 Å². The number of primary amides is 1. The van der Waals surface area contributed by atoms with Crippen LogP contribution in [0.3, 0.4) is 0 Å². The van der Waals surface area contributed by atoms with Gasteiger partial charge in [0, 0.05) is 19.9 Å². The summed E-state index contributed by atoms with van der Waals surface area (Å²) in [4.78, 5) is 32.1.